The molecule has 21 heavy (non-hydrogen) atoms. The number of rotatable bonds is 2. The number of aryl methyl sites for hydroxylation is 1. The highest BCUT2D eigenvalue weighted by Gasteiger charge is 2.17. The van der Waals surface area contributed by atoms with Crippen molar-refractivity contribution in [1.82, 2.24) is 0 Å². The van der Waals surface area contributed by atoms with Gasteiger partial charge in [0.25, 0.3) is 0 Å². The van der Waals surface area contributed by atoms with E-state index in [2.05, 4.69) is 72.9 Å². The molecule has 0 N–H and O–H groups in total. The Hall–Kier alpha value is -0.230. The SMILES string of the molecule is Cc1cc(Br)c(C(Br)c2cc3ccc(F)cc3s2)cc1Br. The Kier molecular flexibility index (Phi) is 4.55. The van der Waals surface area contributed by atoms with Gasteiger partial charge in [-0.3, -0.25) is 0 Å². The number of fused-ring (bicyclic) bond motifs is 1. The lowest BCUT2D eigenvalue weighted by Crippen LogP contribution is -1.93. The second-order valence-corrected chi connectivity index (χ2v) is 8.56. The van der Waals surface area contributed by atoms with Crippen LogP contribution in [0.15, 0.2) is 45.3 Å². The second kappa shape index (κ2) is 6.11. The molecule has 1 heterocycles. The van der Waals surface area contributed by atoms with Crippen LogP contribution in [0.2, 0.25) is 0 Å². The zero-order chi connectivity index (χ0) is 15.1. The summed E-state index contributed by atoms with van der Waals surface area (Å²) in [5.41, 5.74) is 2.34. The fourth-order valence-corrected chi connectivity index (χ4v) is 5.39. The van der Waals surface area contributed by atoms with Gasteiger partial charge in [-0.25, -0.2) is 4.39 Å². The normalized spacial score (nSPS) is 12.8. The lowest BCUT2D eigenvalue weighted by Gasteiger charge is -2.12. The van der Waals surface area contributed by atoms with Gasteiger partial charge in [-0.1, -0.05) is 53.9 Å². The highest BCUT2D eigenvalue weighted by molar-refractivity contribution is 9.11. The molecule has 0 nitrogen and oxygen atoms in total. The van der Waals surface area contributed by atoms with Crippen molar-refractivity contribution in [2.24, 2.45) is 0 Å². The molecular weight excluding hydrogens is 483 g/mol. The maximum absolute atomic E-state index is 13.3. The number of halogens is 4. The van der Waals surface area contributed by atoms with Crippen LogP contribution in [0.25, 0.3) is 10.1 Å². The Morgan fingerprint density at radius 2 is 1.81 bits per heavy atom. The first-order valence-electron chi connectivity index (χ1n) is 6.24. The zero-order valence-corrected chi connectivity index (χ0v) is 16.5. The maximum Gasteiger partial charge on any atom is 0.124 e. The predicted octanol–water partition coefficient (Wildman–Crippen LogP) is 7.36. The predicted molar refractivity (Wildman–Crippen MR) is 99.1 cm³/mol. The first kappa shape index (κ1) is 15.7. The van der Waals surface area contributed by atoms with Gasteiger partial charge in [-0.05, 0) is 53.8 Å². The minimum Gasteiger partial charge on any atom is -0.207 e. The summed E-state index contributed by atoms with van der Waals surface area (Å²) < 4.78 is 16.4. The van der Waals surface area contributed by atoms with E-state index in [1.807, 2.05) is 6.07 Å². The molecule has 1 unspecified atom stereocenters. The Labute approximate surface area is 151 Å². The van der Waals surface area contributed by atoms with E-state index in [1.165, 1.54) is 11.6 Å². The molecule has 0 saturated carbocycles. The van der Waals surface area contributed by atoms with Gasteiger partial charge in [0.05, 0.1) is 4.83 Å². The van der Waals surface area contributed by atoms with Crippen molar-refractivity contribution in [3.8, 4) is 0 Å². The zero-order valence-electron chi connectivity index (χ0n) is 11.0. The van der Waals surface area contributed by atoms with Crippen molar-refractivity contribution in [2.45, 2.75) is 11.8 Å². The van der Waals surface area contributed by atoms with Crippen molar-refractivity contribution >= 4 is 69.2 Å². The van der Waals surface area contributed by atoms with Gasteiger partial charge in [-0.15, -0.1) is 11.3 Å². The molecule has 0 saturated heterocycles. The van der Waals surface area contributed by atoms with E-state index in [4.69, 9.17) is 0 Å². The Balaban J connectivity index is 2.07. The lowest BCUT2D eigenvalue weighted by molar-refractivity contribution is 0.630. The van der Waals surface area contributed by atoms with Crippen LogP contribution in [0.3, 0.4) is 0 Å². The third-order valence-electron chi connectivity index (χ3n) is 3.30. The number of alkyl halides is 1. The Bertz CT molecular complexity index is 826. The van der Waals surface area contributed by atoms with Crippen LogP contribution in [0, 0.1) is 12.7 Å². The van der Waals surface area contributed by atoms with Crippen molar-refractivity contribution in [3.63, 3.8) is 0 Å². The fraction of sp³-hybridized carbons (Fsp3) is 0.125. The molecule has 0 fully saturated rings. The van der Waals surface area contributed by atoms with Gasteiger partial charge in [0.15, 0.2) is 0 Å². The van der Waals surface area contributed by atoms with Crippen LogP contribution in [-0.2, 0) is 0 Å². The average molecular weight is 493 g/mol. The molecule has 0 amide bonds. The molecule has 0 aliphatic carbocycles. The average Bonchev–Trinajstić information content (AvgIpc) is 2.85. The van der Waals surface area contributed by atoms with Crippen LogP contribution in [0.1, 0.15) is 20.8 Å². The van der Waals surface area contributed by atoms with Gasteiger partial charge in [0.1, 0.15) is 5.82 Å². The van der Waals surface area contributed by atoms with Gasteiger partial charge >= 0.3 is 0 Å². The van der Waals surface area contributed by atoms with Crippen LogP contribution in [0.5, 0.6) is 0 Å². The number of hydrogen-bond acceptors (Lipinski definition) is 1. The molecule has 0 aliphatic heterocycles. The molecule has 108 valence electrons. The summed E-state index contributed by atoms with van der Waals surface area (Å²) in [6.07, 6.45) is 0. The molecule has 5 heteroatoms. The van der Waals surface area contributed by atoms with E-state index in [0.29, 0.717) is 0 Å². The van der Waals surface area contributed by atoms with Crippen LogP contribution < -0.4 is 0 Å². The highest BCUT2D eigenvalue weighted by Crippen LogP contribution is 2.42. The summed E-state index contributed by atoms with van der Waals surface area (Å²) in [6.45, 7) is 2.06. The summed E-state index contributed by atoms with van der Waals surface area (Å²) in [5, 5.41) is 1.07. The van der Waals surface area contributed by atoms with Gasteiger partial charge in [0.2, 0.25) is 0 Å². The van der Waals surface area contributed by atoms with Crippen molar-refractivity contribution in [3.05, 3.63) is 67.2 Å². The van der Waals surface area contributed by atoms with Crippen LogP contribution in [-0.4, -0.2) is 0 Å². The number of hydrogen-bond donors (Lipinski definition) is 0. The van der Waals surface area contributed by atoms with Crippen molar-refractivity contribution in [1.29, 1.82) is 0 Å². The van der Waals surface area contributed by atoms with E-state index >= 15 is 0 Å². The molecule has 2 aromatic carbocycles. The Morgan fingerprint density at radius 3 is 2.57 bits per heavy atom. The molecule has 1 atom stereocenters. The van der Waals surface area contributed by atoms with Gasteiger partial charge in [-0.2, -0.15) is 0 Å². The second-order valence-electron chi connectivity index (χ2n) is 4.82. The van der Waals surface area contributed by atoms with Gasteiger partial charge < -0.3 is 0 Å². The standard InChI is InChI=1S/C16H10Br3FS/c1-8-4-13(18)11(7-12(8)17)16(19)15-5-9-2-3-10(20)6-14(9)21-15/h2-7,16H,1H3. The molecule has 0 aliphatic rings. The summed E-state index contributed by atoms with van der Waals surface area (Å²) in [5.74, 6) is -0.193. The maximum atomic E-state index is 13.3. The smallest absolute Gasteiger partial charge is 0.124 e. The quantitative estimate of drug-likeness (QED) is 0.328. The molecule has 1 aromatic heterocycles. The number of benzene rings is 2. The summed E-state index contributed by atoms with van der Waals surface area (Å²) >= 11 is 12.6. The summed E-state index contributed by atoms with van der Waals surface area (Å²) in [4.78, 5) is 1.23. The van der Waals surface area contributed by atoms with E-state index in [-0.39, 0.29) is 10.6 Å². The van der Waals surface area contributed by atoms with E-state index in [0.717, 1.165) is 29.5 Å². The van der Waals surface area contributed by atoms with Crippen molar-refractivity contribution in [2.75, 3.05) is 0 Å². The number of thiophene rings is 1. The molecular formula is C16H10Br3FS. The van der Waals surface area contributed by atoms with E-state index < -0.39 is 0 Å². The molecule has 3 rings (SSSR count). The molecule has 3 aromatic rings. The summed E-state index contributed by atoms with van der Waals surface area (Å²) in [7, 11) is 0. The van der Waals surface area contributed by atoms with Crippen LogP contribution >= 0.6 is 59.1 Å². The van der Waals surface area contributed by atoms with Crippen LogP contribution in [0.4, 0.5) is 4.39 Å². The topological polar surface area (TPSA) is 0 Å². The molecule has 0 radical (unpaired) electrons. The monoisotopic (exact) mass is 490 g/mol. The van der Waals surface area contributed by atoms with E-state index in [9.17, 15) is 4.39 Å². The third-order valence-corrected chi connectivity index (χ3v) is 7.30. The van der Waals surface area contributed by atoms with Gasteiger partial charge in [0, 0.05) is 18.5 Å². The van der Waals surface area contributed by atoms with Crippen molar-refractivity contribution < 1.29 is 4.39 Å². The lowest BCUT2D eigenvalue weighted by atomic mass is 10.1. The highest BCUT2D eigenvalue weighted by atomic mass is 79.9. The first-order valence-corrected chi connectivity index (χ1v) is 9.56. The van der Waals surface area contributed by atoms with E-state index in [1.54, 1.807) is 17.4 Å². The largest absolute Gasteiger partial charge is 0.207 e. The first-order chi connectivity index (χ1) is 9.95. The fourth-order valence-electron chi connectivity index (χ4n) is 2.16. The molecule has 0 spiro atoms. The minimum absolute atomic E-state index is 0.0734. The Morgan fingerprint density at radius 1 is 1.05 bits per heavy atom. The summed E-state index contributed by atoms with van der Waals surface area (Å²) in [6, 6.07) is 11.2. The molecule has 0 bridgehead atoms. The minimum atomic E-state index is -0.193. The third kappa shape index (κ3) is 3.11.